The molecule has 0 aromatic rings. The molecule has 1 saturated heterocycles. The first-order valence-corrected chi connectivity index (χ1v) is 5.04. The number of nitrogens with one attached hydrogen (secondary N) is 1. The van der Waals surface area contributed by atoms with Gasteiger partial charge in [-0.25, -0.2) is 0 Å². The van der Waals surface area contributed by atoms with E-state index in [1.54, 1.807) is 0 Å². The molecule has 1 N–H and O–H groups in total. The molecular weight excluding hydrogens is 150 g/mol. The van der Waals surface area contributed by atoms with E-state index in [2.05, 4.69) is 12.2 Å². The number of β-lactam (4-membered cyclic amide) rings is 1. The Morgan fingerprint density at radius 2 is 2.33 bits per heavy atom. The molecule has 2 aliphatic carbocycles. The standard InChI is InChI=1S/C10H15NO/c1-6-9(12)11-10(6)5-7-2-3-8(10)4-7/h6-8H,2-5H2,1H3,(H,11,12)/t6?,7-,8+,10-/m0/s1. The van der Waals surface area contributed by atoms with Crippen molar-refractivity contribution in [3.05, 3.63) is 0 Å². The molecule has 0 aromatic carbocycles. The second-order valence-electron chi connectivity index (χ2n) is 4.83. The first-order chi connectivity index (χ1) is 5.72. The summed E-state index contributed by atoms with van der Waals surface area (Å²) in [5.41, 5.74) is 0.264. The van der Waals surface area contributed by atoms with Gasteiger partial charge in [0.15, 0.2) is 0 Å². The fourth-order valence-electron chi connectivity index (χ4n) is 3.66. The Morgan fingerprint density at radius 3 is 2.75 bits per heavy atom. The summed E-state index contributed by atoms with van der Waals surface area (Å²) >= 11 is 0. The summed E-state index contributed by atoms with van der Waals surface area (Å²) in [4.78, 5) is 11.2. The van der Waals surface area contributed by atoms with Crippen molar-refractivity contribution in [1.82, 2.24) is 5.32 Å². The van der Waals surface area contributed by atoms with Gasteiger partial charge < -0.3 is 5.32 Å². The SMILES string of the molecule is CC1C(=O)N[C@@]12C[C@H]1CC[C@@H]2C1. The molecule has 1 spiro atoms. The molecule has 1 unspecified atom stereocenters. The van der Waals surface area contributed by atoms with E-state index >= 15 is 0 Å². The van der Waals surface area contributed by atoms with E-state index in [-0.39, 0.29) is 11.4 Å². The summed E-state index contributed by atoms with van der Waals surface area (Å²) in [5.74, 6) is 2.32. The van der Waals surface area contributed by atoms with Gasteiger partial charge in [-0.2, -0.15) is 0 Å². The van der Waals surface area contributed by atoms with E-state index in [0.29, 0.717) is 5.92 Å². The maximum atomic E-state index is 11.2. The molecule has 12 heavy (non-hydrogen) atoms. The van der Waals surface area contributed by atoms with Gasteiger partial charge in [-0.1, -0.05) is 6.92 Å². The lowest BCUT2D eigenvalue weighted by atomic mass is 9.67. The van der Waals surface area contributed by atoms with E-state index in [9.17, 15) is 4.79 Å². The Hall–Kier alpha value is -0.530. The highest BCUT2D eigenvalue weighted by atomic mass is 16.2. The minimum atomic E-state index is 0.264. The zero-order chi connectivity index (χ0) is 8.34. The van der Waals surface area contributed by atoms with Crippen LogP contribution in [0.1, 0.15) is 32.6 Å². The lowest BCUT2D eigenvalue weighted by molar-refractivity contribution is -0.143. The van der Waals surface area contributed by atoms with Crippen LogP contribution in [-0.2, 0) is 4.79 Å². The number of carbonyl (C=O) groups excluding carboxylic acids is 1. The minimum Gasteiger partial charge on any atom is -0.349 e. The number of amides is 1. The lowest BCUT2D eigenvalue weighted by Crippen LogP contribution is -2.70. The highest BCUT2D eigenvalue weighted by molar-refractivity contribution is 5.87. The molecule has 3 rings (SSSR count). The summed E-state index contributed by atoms with van der Waals surface area (Å²) in [6.07, 6.45) is 5.42. The molecule has 1 amide bonds. The molecular formula is C10H15NO. The van der Waals surface area contributed by atoms with E-state index in [4.69, 9.17) is 0 Å². The molecule has 4 atom stereocenters. The Balaban J connectivity index is 1.90. The zero-order valence-corrected chi connectivity index (χ0v) is 7.47. The van der Waals surface area contributed by atoms with Crippen molar-refractivity contribution in [3.63, 3.8) is 0 Å². The van der Waals surface area contributed by atoms with Gasteiger partial charge in [0.1, 0.15) is 0 Å². The quantitative estimate of drug-likeness (QED) is 0.539. The van der Waals surface area contributed by atoms with E-state index in [1.807, 2.05) is 0 Å². The second-order valence-corrected chi connectivity index (χ2v) is 4.83. The van der Waals surface area contributed by atoms with Crippen molar-refractivity contribution in [1.29, 1.82) is 0 Å². The number of fused-ring (bicyclic) bond motifs is 3. The van der Waals surface area contributed by atoms with Crippen LogP contribution in [0.3, 0.4) is 0 Å². The third-order valence-corrected chi connectivity index (χ3v) is 4.42. The maximum absolute atomic E-state index is 11.2. The highest BCUT2D eigenvalue weighted by Gasteiger charge is 2.61. The fourth-order valence-corrected chi connectivity index (χ4v) is 3.66. The fraction of sp³-hybridized carbons (Fsp3) is 0.900. The van der Waals surface area contributed by atoms with Gasteiger partial charge in [-0.05, 0) is 37.5 Å². The molecule has 1 aliphatic heterocycles. The van der Waals surface area contributed by atoms with Crippen LogP contribution in [0.15, 0.2) is 0 Å². The van der Waals surface area contributed by atoms with Crippen molar-refractivity contribution in [2.45, 2.75) is 38.1 Å². The summed E-state index contributed by atoms with van der Waals surface area (Å²) in [6.45, 7) is 2.10. The number of rotatable bonds is 0. The molecule has 3 aliphatic rings. The third kappa shape index (κ3) is 0.572. The topological polar surface area (TPSA) is 29.1 Å². The van der Waals surface area contributed by atoms with Gasteiger partial charge in [-0.3, -0.25) is 4.79 Å². The zero-order valence-electron chi connectivity index (χ0n) is 7.47. The average Bonchev–Trinajstić information content (AvgIpc) is 2.64. The van der Waals surface area contributed by atoms with Crippen LogP contribution < -0.4 is 5.32 Å². The van der Waals surface area contributed by atoms with E-state index in [0.717, 1.165) is 11.8 Å². The van der Waals surface area contributed by atoms with Crippen molar-refractivity contribution in [3.8, 4) is 0 Å². The summed E-state index contributed by atoms with van der Waals surface area (Å²) in [5, 5.41) is 3.16. The Labute approximate surface area is 72.7 Å². The largest absolute Gasteiger partial charge is 0.349 e. The van der Waals surface area contributed by atoms with Crippen LogP contribution in [0, 0.1) is 17.8 Å². The normalized spacial score (nSPS) is 55.8. The van der Waals surface area contributed by atoms with Crippen LogP contribution in [0.2, 0.25) is 0 Å². The Bertz CT molecular complexity index is 250. The smallest absolute Gasteiger partial charge is 0.225 e. The molecule has 1 heterocycles. The molecule has 66 valence electrons. The van der Waals surface area contributed by atoms with Crippen LogP contribution in [0.4, 0.5) is 0 Å². The third-order valence-electron chi connectivity index (χ3n) is 4.42. The highest BCUT2D eigenvalue weighted by Crippen LogP contribution is 2.56. The van der Waals surface area contributed by atoms with Crippen molar-refractivity contribution in [2.24, 2.45) is 17.8 Å². The number of hydrogen-bond donors (Lipinski definition) is 1. The molecule has 2 saturated carbocycles. The number of hydrogen-bond acceptors (Lipinski definition) is 1. The first-order valence-electron chi connectivity index (χ1n) is 5.04. The van der Waals surface area contributed by atoms with Gasteiger partial charge in [0.2, 0.25) is 5.91 Å². The molecule has 2 nitrogen and oxygen atoms in total. The van der Waals surface area contributed by atoms with Crippen LogP contribution in [0.5, 0.6) is 0 Å². The van der Waals surface area contributed by atoms with Crippen molar-refractivity contribution >= 4 is 5.91 Å². The van der Waals surface area contributed by atoms with E-state index < -0.39 is 0 Å². The predicted molar refractivity (Wildman–Crippen MR) is 45.5 cm³/mol. The summed E-state index contributed by atoms with van der Waals surface area (Å²) < 4.78 is 0. The van der Waals surface area contributed by atoms with Gasteiger partial charge in [0.25, 0.3) is 0 Å². The minimum absolute atomic E-state index is 0.264. The molecule has 0 aromatic heterocycles. The van der Waals surface area contributed by atoms with Crippen molar-refractivity contribution in [2.75, 3.05) is 0 Å². The first kappa shape index (κ1) is 6.93. The Kier molecular flexibility index (Phi) is 1.07. The lowest BCUT2D eigenvalue weighted by Gasteiger charge is -2.51. The summed E-state index contributed by atoms with van der Waals surface area (Å²) in [6, 6.07) is 0. The second kappa shape index (κ2) is 1.86. The van der Waals surface area contributed by atoms with Crippen LogP contribution in [-0.4, -0.2) is 11.4 Å². The van der Waals surface area contributed by atoms with Gasteiger partial charge in [-0.15, -0.1) is 0 Å². The molecule has 0 radical (unpaired) electrons. The molecule has 3 fully saturated rings. The van der Waals surface area contributed by atoms with E-state index in [1.165, 1.54) is 25.7 Å². The average molecular weight is 165 g/mol. The predicted octanol–water partition coefficient (Wildman–Crippen LogP) is 1.31. The van der Waals surface area contributed by atoms with Gasteiger partial charge in [0, 0.05) is 0 Å². The van der Waals surface area contributed by atoms with Crippen LogP contribution >= 0.6 is 0 Å². The van der Waals surface area contributed by atoms with Crippen LogP contribution in [0.25, 0.3) is 0 Å². The van der Waals surface area contributed by atoms with Gasteiger partial charge >= 0.3 is 0 Å². The maximum Gasteiger partial charge on any atom is 0.225 e. The van der Waals surface area contributed by atoms with Gasteiger partial charge in [0.05, 0.1) is 11.5 Å². The number of carbonyl (C=O) groups is 1. The molecule has 2 heteroatoms. The monoisotopic (exact) mass is 165 g/mol. The van der Waals surface area contributed by atoms with Crippen molar-refractivity contribution < 1.29 is 4.79 Å². The summed E-state index contributed by atoms with van der Waals surface area (Å²) in [7, 11) is 0. The Morgan fingerprint density at radius 1 is 1.50 bits per heavy atom. The molecule has 2 bridgehead atoms.